The molecule has 0 radical (unpaired) electrons. The van der Waals surface area contributed by atoms with E-state index < -0.39 is 11.7 Å². The van der Waals surface area contributed by atoms with Crippen molar-refractivity contribution in [2.45, 2.75) is 12.6 Å². The van der Waals surface area contributed by atoms with Crippen molar-refractivity contribution in [2.24, 2.45) is 5.73 Å². The van der Waals surface area contributed by atoms with Gasteiger partial charge in [-0.25, -0.2) is 9.97 Å². The lowest BCUT2D eigenvalue weighted by molar-refractivity contribution is -0.136. The van der Waals surface area contributed by atoms with E-state index in [1.807, 2.05) is 0 Å². The van der Waals surface area contributed by atoms with Gasteiger partial charge < -0.3 is 5.73 Å². The third kappa shape index (κ3) is 2.39. The van der Waals surface area contributed by atoms with Crippen LogP contribution in [0.1, 0.15) is 11.3 Å². The molecule has 0 fully saturated rings. The summed E-state index contributed by atoms with van der Waals surface area (Å²) < 4.78 is 38.5. The van der Waals surface area contributed by atoms with Crippen LogP contribution in [0.3, 0.4) is 0 Å². The van der Waals surface area contributed by atoms with Crippen molar-refractivity contribution < 1.29 is 13.2 Å². The monoisotopic (exact) mass is 275 g/mol. The maximum Gasteiger partial charge on any atom is 0.418 e. The normalized spacial score (nSPS) is 12.1. The number of hydrogen-bond acceptors (Lipinski definition) is 3. The van der Waals surface area contributed by atoms with E-state index in [2.05, 4.69) is 9.97 Å². The molecule has 7 heteroatoms. The van der Waals surface area contributed by atoms with E-state index in [0.29, 0.717) is 17.5 Å². The Morgan fingerprint density at radius 3 is 2.56 bits per heavy atom. The lowest BCUT2D eigenvalue weighted by atomic mass is 10.1. The summed E-state index contributed by atoms with van der Waals surface area (Å²) >= 11 is 5.65. The lowest BCUT2D eigenvalue weighted by Gasteiger charge is -2.11. The third-order valence-electron chi connectivity index (χ3n) is 2.46. The van der Waals surface area contributed by atoms with Crippen molar-refractivity contribution in [3.63, 3.8) is 0 Å². The molecule has 1 aromatic heterocycles. The quantitative estimate of drug-likeness (QED) is 0.858. The summed E-state index contributed by atoms with van der Waals surface area (Å²) in [4.78, 5) is 7.60. The van der Waals surface area contributed by atoms with Crippen LogP contribution in [0.4, 0.5) is 13.2 Å². The minimum absolute atomic E-state index is 0.187. The van der Waals surface area contributed by atoms with Gasteiger partial charge in [0.05, 0.1) is 16.8 Å². The Kier molecular flexibility index (Phi) is 3.41. The smallest absolute Gasteiger partial charge is 0.330 e. The summed E-state index contributed by atoms with van der Waals surface area (Å²) in [5.41, 5.74) is 4.83. The summed E-state index contributed by atoms with van der Waals surface area (Å²) in [6.07, 6.45) is -4.13. The van der Waals surface area contributed by atoms with E-state index in [9.17, 15) is 13.2 Å². The highest BCUT2D eigenvalue weighted by Crippen LogP contribution is 2.34. The second-order valence-electron chi connectivity index (χ2n) is 3.68. The van der Waals surface area contributed by atoms with Gasteiger partial charge in [-0.2, -0.15) is 13.2 Å². The number of halogens is 4. The second kappa shape index (κ2) is 4.70. The van der Waals surface area contributed by atoms with Gasteiger partial charge in [-0.05, 0) is 24.2 Å². The van der Waals surface area contributed by atoms with Gasteiger partial charge in [0.2, 0.25) is 5.28 Å². The van der Waals surface area contributed by atoms with E-state index in [-0.39, 0.29) is 17.3 Å². The molecule has 0 aliphatic heterocycles. The first-order chi connectivity index (χ1) is 8.43. The number of aromatic nitrogens is 2. The number of rotatable bonds is 2. The number of nitrogens with zero attached hydrogens (tertiary/aromatic N) is 2. The molecule has 0 unspecified atom stereocenters. The van der Waals surface area contributed by atoms with Crippen molar-refractivity contribution in [2.75, 3.05) is 6.54 Å². The molecule has 1 aromatic carbocycles. The van der Waals surface area contributed by atoms with E-state index >= 15 is 0 Å². The minimum atomic E-state index is -4.48. The van der Waals surface area contributed by atoms with Gasteiger partial charge in [-0.1, -0.05) is 12.1 Å². The van der Waals surface area contributed by atoms with Crippen LogP contribution >= 0.6 is 11.6 Å². The highest BCUT2D eigenvalue weighted by molar-refractivity contribution is 6.28. The lowest BCUT2D eigenvalue weighted by Crippen LogP contribution is -2.10. The van der Waals surface area contributed by atoms with Gasteiger partial charge in [0.1, 0.15) is 0 Å². The molecule has 18 heavy (non-hydrogen) atoms. The van der Waals surface area contributed by atoms with E-state index in [1.54, 1.807) is 0 Å². The van der Waals surface area contributed by atoms with Gasteiger partial charge in [-0.3, -0.25) is 0 Å². The number of alkyl halides is 3. The Labute approximate surface area is 106 Å². The van der Waals surface area contributed by atoms with Crippen LogP contribution < -0.4 is 5.73 Å². The average molecular weight is 276 g/mol. The van der Waals surface area contributed by atoms with Gasteiger partial charge in [-0.15, -0.1) is 0 Å². The Hall–Kier alpha value is -1.40. The van der Waals surface area contributed by atoms with Crippen molar-refractivity contribution >= 4 is 22.5 Å². The van der Waals surface area contributed by atoms with Crippen LogP contribution in [0.25, 0.3) is 10.9 Å². The predicted octanol–water partition coefficient (Wildman–Crippen LogP) is 2.80. The molecule has 2 rings (SSSR count). The van der Waals surface area contributed by atoms with E-state index in [4.69, 9.17) is 17.3 Å². The predicted molar refractivity (Wildman–Crippen MR) is 62.3 cm³/mol. The van der Waals surface area contributed by atoms with Crippen molar-refractivity contribution in [3.8, 4) is 0 Å². The van der Waals surface area contributed by atoms with Crippen LogP contribution in [0.15, 0.2) is 18.2 Å². The number of benzene rings is 1. The number of para-hydroxylation sites is 1. The molecular formula is C11H9ClF3N3. The zero-order valence-corrected chi connectivity index (χ0v) is 9.89. The maximum atomic E-state index is 12.8. The maximum absolute atomic E-state index is 12.8. The second-order valence-corrected chi connectivity index (χ2v) is 4.02. The van der Waals surface area contributed by atoms with Crippen molar-refractivity contribution in [1.29, 1.82) is 0 Å². The highest BCUT2D eigenvalue weighted by atomic mass is 35.5. The summed E-state index contributed by atoms with van der Waals surface area (Å²) in [7, 11) is 0. The van der Waals surface area contributed by atoms with Gasteiger partial charge >= 0.3 is 6.18 Å². The first-order valence-corrected chi connectivity index (χ1v) is 5.53. The molecule has 0 spiro atoms. The fourth-order valence-corrected chi connectivity index (χ4v) is 1.93. The van der Waals surface area contributed by atoms with E-state index in [0.717, 1.165) is 6.07 Å². The van der Waals surface area contributed by atoms with Crippen LogP contribution in [-0.2, 0) is 12.6 Å². The molecule has 0 aliphatic carbocycles. The van der Waals surface area contributed by atoms with Crippen LogP contribution in [0.5, 0.6) is 0 Å². The summed E-state index contributed by atoms with van der Waals surface area (Å²) in [6.45, 7) is 0.276. The fourth-order valence-electron chi connectivity index (χ4n) is 1.74. The van der Waals surface area contributed by atoms with Crippen LogP contribution in [0.2, 0.25) is 5.28 Å². The summed E-state index contributed by atoms with van der Waals surface area (Å²) in [6, 6.07) is 3.83. The summed E-state index contributed by atoms with van der Waals surface area (Å²) in [5, 5.41) is 0.127. The van der Waals surface area contributed by atoms with Crippen molar-refractivity contribution in [1.82, 2.24) is 9.97 Å². The third-order valence-corrected chi connectivity index (χ3v) is 2.63. The largest absolute Gasteiger partial charge is 0.418 e. The van der Waals surface area contributed by atoms with Crippen LogP contribution in [0, 0.1) is 0 Å². The SMILES string of the molecule is NCCc1nc(Cl)nc2c(C(F)(F)F)cccc12. The zero-order valence-electron chi connectivity index (χ0n) is 9.13. The van der Waals surface area contributed by atoms with Crippen molar-refractivity contribution in [3.05, 3.63) is 34.7 Å². The highest BCUT2D eigenvalue weighted by Gasteiger charge is 2.33. The molecule has 2 N–H and O–H groups in total. The Balaban J connectivity index is 2.77. The Morgan fingerprint density at radius 1 is 1.22 bits per heavy atom. The molecule has 0 atom stereocenters. The first kappa shape index (κ1) is 13.0. The Morgan fingerprint density at radius 2 is 1.94 bits per heavy atom. The minimum Gasteiger partial charge on any atom is -0.330 e. The average Bonchev–Trinajstić information content (AvgIpc) is 2.27. The first-order valence-electron chi connectivity index (χ1n) is 5.16. The van der Waals surface area contributed by atoms with Gasteiger partial charge in [0.25, 0.3) is 0 Å². The molecule has 0 aliphatic rings. The molecule has 96 valence electrons. The molecule has 0 bridgehead atoms. The summed E-state index contributed by atoms with van der Waals surface area (Å²) in [5.74, 6) is 0. The van der Waals surface area contributed by atoms with E-state index in [1.165, 1.54) is 12.1 Å². The van der Waals surface area contributed by atoms with Gasteiger partial charge in [0, 0.05) is 11.8 Å². The molecule has 1 heterocycles. The zero-order chi connectivity index (χ0) is 13.3. The molecule has 0 saturated carbocycles. The van der Waals surface area contributed by atoms with Gasteiger partial charge in [0.15, 0.2) is 0 Å². The number of hydrogen-bond donors (Lipinski definition) is 1. The number of nitrogens with two attached hydrogens (primary N) is 1. The molecule has 2 aromatic rings. The molecular weight excluding hydrogens is 267 g/mol. The molecule has 0 amide bonds. The van der Waals surface area contributed by atoms with Crippen LogP contribution in [-0.4, -0.2) is 16.5 Å². The standard InChI is InChI=1S/C11H9ClF3N3/c12-10-17-8(4-5-16)6-2-1-3-7(9(6)18-10)11(13,14)15/h1-3H,4-5,16H2. The topological polar surface area (TPSA) is 51.8 Å². The number of fused-ring (bicyclic) bond motifs is 1. The Bertz CT molecular complexity index is 583. The molecule has 0 saturated heterocycles. The fraction of sp³-hybridized carbons (Fsp3) is 0.273. The molecule has 3 nitrogen and oxygen atoms in total.